The van der Waals surface area contributed by atoms with Crippen molar-refractivity contribution < 1.29 is 40.3 Å². The summed E-state index contributed by atoms with van der Waals surface area (Å²) in [4.78, 5) is 12.6. The first-order chi connectivity index (χ1) is 18.5. The van der Waals surface area contributed by atoms with Gasteiger partial charge in [0, 0.05) is 23.4 Å². The average molecular weight is 551 g/mol. The maximum atomic E-state index is 15.0. The summed E-state index contributed by atoms with van der Waals surface area (Å²) in [5, 5.41) is -0.411. The van der Waals surface area contributed by atoms with Crippen molar-refractivity contribution in [2.24, 2.45) is 11.8 Å². The van der Waals surface area contributed by atoms with E-state index in [9.17, 15) is 35.5 Å². The predicted octanol–water partition coefficient (Wildman–Crippen LogP) is 8.88. The van der Waals surface area contributed by atoms with Crippen LogP contribution in [-0.2, 0) is 4.79 Å². The maximum absolute atomic E-state index is 15.0. The molecule has 0 heterocycles. The summed E-state index contributed by atoms with van der Waals surface area (Å²) in [7, 11) is 0. The first-order valence-electron chi connectivity index (χ1n) is 12.7. The predicted molar refractivity (Wildman–Crippen MR) is 133 cm³/mol. The molecule has 206 valence electrons. The largest absolute Gasteiger partial charge is 0.458 e. The van der Waals surface area contributed by atoms with Crippen LogP contribution in [0.2, 0.25) is 0 Å². The van der Waals surface area contributed by atoms with Crippen molar-refractivity contribution in [2.75, 3.05) is 0 Å². The van der Waals surface area contributed by atoms with E-state index in [1.807, 2.05) is 0 Å². The standard InChI is InChI=1S/C30H25F7O2/c1-2-3-4-17-5-7-18(8-6-17)29(38)39-21-15-25(32)27(26(33)16-21)19-9-10-22-20(13-19)14-24(31)23(28(22)34)11-12-30(35,36)37/h9-10,13-18H,2-8H2,1H3. The van der Waals surface area contributed by atoms with Crippen LogP contribution in [0.1, 0.15) is 57.4 Å². The Balaban J connectivity index is 1.55. The third-order valence-corrected chi connectivity index (χ3v) is 7.03. The third-order valence-electron chi connectivity index (χ3n) is 7.03. The number of hydrogen-bond donors (Lipinski definition) is 0. The molecule has 0 N–H and O–H groups in total. The zero-order chi connectivity index (χ0) is 28.3. The van der Waals surface area contributed by atoms with E-state index in [-0.39, 0.29) is 28.0 Å². The fraction of sp³-hybridized carbons (Fsp3) is 0.367. The minimum Gasteiger partial charge on any atom is -0.426 e. The molecule has 4 rings (SSSR count). The van der Waals surface area contributed by atoms with Gasteiger partial charge in [-0.25, -0.2) is 17.6 Å². The molecule has 0 unspecified atom stereocenters. The van der Waals surface area contributed by atoms with Crippen molar-refractivity contribution in [3.63, 3.8) is 0 Å². The number of unbranched alkanes of at least 4 members (excludes halogenated alkanes) is 1. The molecule has 0 bridgehead atoms. The van der Waals surface area contributed by atoms with Crippen LogP contribution in [0.25, 0.3) is 21.9 Å². The highest BCUT2D eigenvalue weighted by atomic mass is 19.4. The summed E-state index contributed by atoms with van der Waals surface area (Å²) in [6.07, 6.45) is 1.56. The van der Waals surface area contributed by atoms with Gasteiger partial charge in [0.2, 0.25) is 0 Å². The minimum absolute atomic E-state index is 0.0753. The summed E-state index contributed by atoms with van der Waals surface area (Å²) in [6, 6.07) is 5.79. The zero-order valence-electron chi connectivity index (χ0n) is 21.0. The van der Waals surface area contributed by atoms with Crippen LogP contribution in [-0.4, -0.2) is 12.1 Å². The Bertz CT molecular complexity index is 1420. The fourth-order valence-electron chi connectivity index (χ4n) is 5.00. The van der Waals surface area contributed by atoms with Gasteiger partial charge in [0.1, 0.15) is 29.0 Å². The van der Waals surface area contributed by atoms with E-state index in [1.165, 1.54) is 5.92 Å². The Morgan fingerprint density at radius 2 is 1.62 bits per heavy atom. The normalized spacial score (nSPS) is 17.5. The zero-order valence-corrected chi connectivity index (χ0v) is 21.0. The molecule has 1 fully saturated rings. The van der Waals surface area contributed by atoms with Gasteiger partial charge in [-0.2, -0.15) is 13.2 Å². The van der Waals surface area contributed by atoms with Crippen LogP contribution in [0.15, 0.2) is 36.4 Å². The molecule has 39 heavy (non-hydrogen) atoms. The van der Waals surface area contributed by atoms with E-state index in [1.54, 1.807) is 0 Å². The van der Waals surface area contributed by atoms with E-state index in [4.69, 9.17) is 4.74 Å². The molecule has 1 saturated carbocycles. The second kappa shape index (κ2) is 11.7. The van der Waals surface area contributed by atoms with Crippen molar-refractivity contribution >= 4 is 16.7 Å². The SMILES string of the molecule is CCCCC1CCC(C(=O)Oc2cc(F)c(-c3ccc4c(F)c(C#CC(F)(F)F)c(F)cc4c3)c(F)c2)CC1. The van der Waals surface area contributed by atoms with Gasteiger partial charge in [-0.05, 0) is 54.7 Å². The lowest BCUT2D eigenvalue weighted by Gasteiger charge is -2.27. The van der Waals surface area contributed by atoms with Gasteiger partial charge in [-0.15, -0.1) is 0 Å². The number of alkyl halides is 3. The van der Waals surface area contributed by atoms with Crippen molar-refractivity contribution in [3.05, 3.63) is 65.2 Å². The van der Waals surface area contributed by atoms with Crippen LogP contribution in [0.3, 0.4) is 0 Å². The van der Waals surface area contributed by atoms with E-state index in [0.29, 0.717) is 18.8 Å². The Hall–Kier alpha value is -3.54. The maximum Gasteiger partial charge on any atom is 0.458 e. The lowest BCUT2D eigenvalue weighted by atomic mass is 9.80. The van der Waals surface area contributed by atoms with Crippen LogP contribution in [0.5, 0.6) is 5.75 Å². The molecular weight excluding hydrogens is 525 g/mol. The van der Waals surface area contributed by atoms with E-state index >= 15 is 0 Å². The van der Waals surface area contributed by atoms with Gasteiger partial charge >= 0.3 is 12.1 Å². The van der Waals surface area contributed by atoms with Crippen molar-refractivity contribution in [1.82, 2.24) is 0 Å². The molecule has 0 saturated heterocycles. The highest BCUT2D eigenvalue weighted by Crippen LogP contribution is 2.36. The van der Waals surface area contributed by atoms with Gasteiger partial charge < -0.3 is 4.74 Å². The number of carbonyl (C=O) groups is 1. The first kappa shape index (κ1) is 28.5. The fourth-order valence-corrected chi connectivity index (χ4v) is 5.00. The number of fused-ring (bicyclic) bond motifs is 1. The third kappa shape index (κ3) is 6.73. The van der Waals surface area contributed by atoms with Gasteiger partial charge in [0.05, 0.1) is 17.0 Å². The summed E-state index contributed by atoms with van der Waals surface area (Å²) in [6.45, 7) is 2.13. The number of hydrogen-bond acceptors (Lipinski definition) is 2. The Morgan fingerprint density at radius 1 is 0.949 bits per heavy atom. The molecule has 1 aliphatic carbocycles. The quantitative estimate of drug-likeness (QED) is 0.133. The molecule has 0 radical (unpaired) electrons. The molecule has 3 aromatic carbocycles. The summed E-state index contributed by atoms with van der Waals surface area (Å²) < 4.78 is 101. The number of benzene rings is 3. The second-order valence-corrected chi connectivity index (χ2v) is 9.77. The van der Waals surface area contributed by atoms with Crippen molar-refractivity contribution in [2.45, 2.75) is 58.0 Å². The van der Waals surface area contributed by atoms with E-state index in [0.717, 1.165) is 74.4 Å². The Morgan fingerprint density at radius 3 is 2.23 bits per heavy atom. The number of esters is 1. The number of ether oxygens (including phenoxy) is 1. The monoisotopic (exact) mass is 550 g/mol. The van der Waals surface area contributed by atoms with E-state index in [2.05, 4.69) is 6.92 Å². The van der Waals surface area contributed by atoms with Gasteiger partial charge in [-0.1, -0.05) is 44.2 Å². The van der Waals surface area contributed by atoms with Crippen molar-refractivity contribution in [3.8, 4) is 28.7 Å². The Kier molecular flexibility index (Phi) is 8.53. The molecule has 0 aliphatic heterocycles. The number of halogens is 7. The van der Waals surface area contributed by atoms with Crippen LogP contribution in [0.4, 0.5) is 30.7 Å². The van der Waals surface area contributed by atoms with Crippen molar-refractivity contribution in [1.29, 1.82) is 0 Å². The summed E-state index contributed by atoms with van der Waals surface area (Å²) in [5.41, 5.74) is -1.66. The average Bonchev–Trinajstić information content (AvgIpc) is 2.86. The summed E-state index contributed by atoms with van der Waals surface area (Å²) in [5.74, 6) is -3.13. The Labute approximate surface area is 221 Å². The molecule has 9 heteroatoms. The highest BCUT2D eigenvalue weighted by Gasteiger charge is 2.28. The van der Waals surface area contributed by atoms with Gasteiger partial charge in [0.15, 0.2) is 0 Å². The molecule has 3 aromatic rings. The molecule has 1 aliphatic rings. The van der Waals surface area contributed by atoms with Crippen LogP contribution < -0.4 is 4.74 Å². The summed E-state index contributed by atoms with van der Waals surface area (Å²) >= 11 is 0. The number of rotatable bonds is 6. The topological polar surface area (TPSA) is 26.3 Å². The molecular formula is C30H25F7O2. The second-order valence-electron chi connectivity index (χ2n) is 9.77. The molecule has 2 nitrogen and oxygen atoms in total. The number of carbonyl (C=O) groups excluding carboxylic acids is 1. The highest BCUT2D eigenvalue weighted by molar-refractivity contribution is 5.89. The van der Waals surface area contributed by atoms with Crippen LogP contribution in [0, 0.1) is 46.9 Å². The van der Waals surface area contributed by atoms with Gasteiger partial charge in [0.25, 0.3) is 0 Å². The smallest absolute Gasteiger partial charge is 0.426 e. The lowest BCUT2D eigenvalue weighted by molar-refractivity contribution is -0.140. The molecule has 0 atom stereocenters. The lowest BCUT2D eigenvalue weighted by Crippen LogP contribution is -2.25. The first-order valence-corrected chi connectivity index (χ1v) is 12.7. The molecule has 0 amide bonds. The molecule has 0 spiro atoms. The molecule has 0 aromatic heterocycles. The van der Waals surface area contributed by atoms with Gasteiger partial charge in [-0.3, -0.25) is 4.79 Å². The minimum atomic E-state index is -4.94. The van der Waals surface area contributed by atoms with Crippen LogP contribution >= 0.6 is 0 Å². The van der Waals surface area contributed by atoms with E-state index < -0.39 is 46.5 Å².